The monoisotopic (exact) mass is 1480 g/mol. The third-order valence-corrected chi connectivity index (χ3v) is 18.0. The number of carbonyl (C=O) groups is 10. The number of aryl methyl sites for hydroxylation is 1. The molecule has 0 spiro atoms. The van der Waals surface area contributed by atoms with Crippen LogP contribution in [-0.2, 0) is 51.3 Å². The highest BCUT2D eigenvalue weighted by Crippen LogP contribution is 2.47. The summed E-state index contributed by atoms with van der Waals surface area (Å²) < 4.78 is 36.1. The molecule has 0 radical (unpaired) electrons. The number of nitrogens with zero attached hydrogens (tertiary/aromatic N) is 9. The first-order valence-corrected chi connectivity index (χ1v) is 34.8. The number of pyridine rings is 1. The maximum Gasteiger partial charge on any atom is 0.415 e. The summed E-state index contributed by atoms with van der Waals surface area (Å²) in [5.41, 5.74) is 4.90. The molecule has 10 amide bonds. The molecule has 0 fully saturated rings. The Kier molecular flexibility index (Phi) is 27.6. The standard InChI is InChI=1S/C75H87ClN12O18/c1-47(2)67(81(5)6)70(95)77-49(4)68(93)78-54-18-12-50(13-19-54)45-103-72(97)82(7)28-30-84(33-37-102-39-35-89)74(99)105-57-23-14-51(15-24-57)46-104-73(98)83(8)29-31-85(32-36-101-38-34-87-63(91)26-27-64(87)92)75(100)106-61-40-60-66(65-48(3)10-9-11-58(61)65)53(41-76)42-88(60)71(96)59-44-86-43-55(20-25-62(86)80-59)79-69(94)52-16-21-56(90)22-17-52/h9-27,40,43-44,47,49,53,67,89-90H,28-39,41-42,45-46H2,1-8H3,(H,77,95)(H,78,93)(H,79,94)/t49-,53+,67-/m0/s1. The Morgan fingerprint density at radius 2 is 1.25 bits per heavy atom. The summed E-state index contributed by atoms with van der Waals surface area (Å²) in [7, 11) is 6.59. The third-order valence-electron chi connectivity index (χ3n) is 17.6. The van der Waals surface area contributed by atoms with Crippen LogP contribution < -0.4 is 30.3 Å². The number of amides is 10. The zero-order chi connectivity index (χ0) is 76.3. The van der Waals surface area contributed by atoms with Gasteiger partial charge in [0.05, 0.1) is 57.0 Å². The third kappa shape index (κ3) is 20.6. The first kappa shape index (κ1) is 78.9. The van der Waals surface area contributed by atoms with Crippen LogP contribution >= 0.6 is 11.6 Å². The summed E-state index contributed by atoms with van der Waals surface area (Å²) in [6, 6.07) is 27.9. The van der Waals surface area contributed by atoms with Crippen LogP contribution in [0.1, 0.15) is 69.8 Å². The summed E-state index contributed by atoms with van der Waals surface area (Å²) in [6.07, 6.45) is 2.44. The highest BCUT2D eigenvalue weighted by atomic mass is 35.5. The number of aromatic hydroxyl groups is 1. The molecule has 5 N–H and O–H groups in total. The zero-order valence-electron chi connectivity index (χ0n) is 60.2. The number of fused-ring (bicyclic) bond motifs is 4. The van der Waals surface area contributed by atoms with Gasteiger partial charge < -0.3 is 83.5 Å². The van der Waals surface area contributed by atoms with E-state index in [0.717, 1.165) is 33.6 Å². The number of imide groups is 1. The van der Waals surface area contributed by atoms with E-state index in [-0.39, 0.29) is 145 Å². The number of ether oxygens (including phenoxy) is 6. The van der Waals surface area contributed by atoms with E-state index >= 15 is 0 Å². The molecule has 3 atom stereocenters. The average Bonchev–Trinajstić information content (AvgIpc) is 1.55. The van der Waals surface area contributed by atoms with Gasteiger partial charge in [-0.1, -0.05) is 56.3 Å². The van der Waals surface area contributed by atoms with Gasteiger partial charge in [0.15, 0.2) is 0 Å². The van der Waals surface area contributed by atoms with Gasteiger partial charge >= 0.3 is 24.4 Å². The number of halogens is 1. The number of nitrogens with one attached hydrogen (secondary N) is 3. The highest BCUT2D eigenvalue weighted by Gasteiger charge is 2.38. The molecule has 4 heterocycles. The predicted molar refractivity (Wildman–Crippen MR) is 392 cm³/mol. The van der Waals surface area contributed by atoms with Crippen LogP contribution in [0.25, 0.3) is 16.4 Å². The SMILES string of the molecule is Cc1cccc2c(OC(=O)N(CCOCCN3C(=O)C=CC3=O)CCN(C)C(=O)OCc3ccc(OC(=O)N(CCOCCO)CCN(C)C(=O)OCc4ccc(NC(=O)[C@H](C)NC(=O)[C@H](C(C)C)N(C)C)cc4)cc3)cc3c(c12)[C@H](CCl)CN3C(=O)c1cn2cc(NC(=O)c3ccc(O)cc3)ccc2n1. The molecule has 9 rings (SSSR count). The Bertz CT molecular complexity index is 4340. The second kappa shape index (κ2) is 37.0. The van der Waals surface area contributed by atoms with E-state index in [1.54, 1.807) is 108 Å². The van der Waals surface area contributed by atoms with Crippen LogP contribution in [-0.4, -0.2) is 240 Å². The number of rotatable bonds is 33. The van der Waals surface area contributed by atoms with Crippen LogP contribution in [0.2, 0.25) is 0 Å². The van der Waals surface area contributed by atoms with Gasteiger partial charge in [0.25, 0.3) is 23.6 Å². The number of phenols is 1. The first-order chi connectivity index (χ1) is 50.8. The summed E-state index contributed by atoms with van der Waals surface area (Å²) >= 11 is 6.68. The zero-order valence-corrected chi connectivity index (χ0v) is 60.9. The van der Waals surface area contributed by atoms with Crippen LogP contribution in [0.3, 0.4) is 0 Å². The number of carbonyl (C=O) groups excluding carboxylic acids is 10. The van der Waals surface area contributed by atoms with Crippen LogP contribution in [0.4, 0.5) is 36.2 Å². The number of phenolic OH excluding ortho intramolecular Hbond substituents is 1. The number of likely N-dealkylation sites (N-methyl/N-ethyl adjacent to an activating group) is 3. The van der Waals surface area contributed by atoms with Crippen molar-refractivity contribution < 1.29 is 86.6 Å². The first-order valence-electron chi connectivity index (χ1n) is 34.3. The van der Waals surface area contributed by atoms with E-state index in [0.29, 0.717) is 44.8 Å². The number of hydrogen-bond acceptors (Lipinski definition) is 20. The van der Waals surface area contributed by atoms with Crippen molar-refractivity contribution in [3.63, 3.8) is 0 Å². The number of aliphatic hydroxyl groups is 1. The van der Waals surface area contributed by atoms with Gasteiger partial charge in [0.2, 0.25) is 11.8 Å². The van der Waals surface area contributed by atoms with E-state index in [1.165, 1.54) is 70.1 Å². The summed E-state index contributed by atoms with van der Waals surface area (Å²) in [6.45, 7) is 6.70. The van der Waals surface area contributed by atoms with Gasteiger partial charge in [-0.3, -0.25) is 38.6 Å². The largest absolute Gasteiger partial charge is 0.508 e. The fourth-order valence-corrected chi connectivity index (χ4v) is 12.1. The molecule has 2 aliphatic rings. The van der Waals surface area contributed by atoms with Crippen molar-refractivity contribution in [2.75, 3.05) is 135 Å². The minimum Gasteiger partial charge on any atom is -0.508 e. The molecular formula is C75H87ClN12O18. The molecule has 0 saturated carbocycles. The average molecular weight is 1480 g/mol. The smallest absolute Gasteiger partial charge is 0.415 e. The Hall–Kier alpha value is -11.2. The van der Waals surface area contributed by atoms with Crippen molar-refractivity contribution in [2.24, 2.45) is 5.92 Å². The lowest BCUT2D eigenvalue weighted by Crippen LogP contribution is -2.51. The normalized spacial score (nSPS) is 13.7. The number of imidazole rings is 1. The number of aromatic nitrogens is 2. The summed E-state index contributed by atoms with van der Waals surface area (Å²) in [5.74, 6) is -2.41. The number of alkyl halides is 1. The van der Waals surface area contributed by atoms with Gasteiger partial charge in [-0.2, -0.15) is 0 Å². The lowest BCUT2D eigenvalue weighted by molar-refractivity contribution is -0.137. The van der Waals surface area contributed by atoms with E-state index in [2.05, 4.69) is 20.9 Å². The van der Waals surface area contributed by atoms with Crippen LogP contribution in [0, 0.1) is 12.8 Å². The molecule has 106 heavy (non-hydrogen) atoms. The topological polar surface area (TPSA) is 343 Å². The molecule has 0 saturated heterocycles. The number of aliphatic hydroxyl groups excluding tert-OH is 1. The molecule has 31 heteroatoms. The van der Waals surface area contributed by atoms with Gasteiger partial charge in [-0.05, 0) is 122 Å². The Balaban J connectivity index is 0.795. The second-order valence-electron chi connectivity index (χ2n) is 25.9. The van der Waals surface area contributed by atoms with Crippen molar-refractivity contribution in [1.29, 1.82) is 0 Å². The van der Waals surface area contributed by atoms with E-state index in [1.807, 2.05) is 32.9 Å². The molecule has 7 aromatic rings. The molecule has 2 aliphatic heterocycles. The molecule has 5 aromatic carbocycles. The van der Waals surface area contributed by atoms with Gasteiger partial charge in [0.1, 0.15) is 47.8 Å². The quantitative estimate of drug-likeness (QED) is 0.0148. The second-order valence-corrected chi connectivity index (χ2v) is 26.2. The molecule has 0 unspecified atom stereocenters. The maximum absolute atomic E-state index is 14.7. The van der Waals surface area contributed by atoms with E-state index < -0.39 is 66.0 Å². The summed E-state index contributed by atoms with van der Waals surface area (Å²) in [5, 5.41) is 28.6. The molecule has 0 aliphatic carbocycles. The van der Waals surface area contributed by atoms with Gasteiger partial charge in [0, 0.05) is 119 Å². The van der Waals surface area contributed by atoms with Crippen molar-refractivity contribution in [3.8, 4) is 17.2 Å². The fourth-order valence-electron chi connectivity index (χ4n) is 11.9. The summed E-state index contributed by atoms with van der Waals surface area (Å²) in [4.78, 5) is 147. The lowest BCUT2D eigenvalue weighted by Gasteiger charge is -2.28. The molecule has 2 aromatic heterocycles. The van der Waals surface area contributed by atoms with E-state index in [4.69, 9.17) is 40.0 Å². The van der Waals surface area contributed by atoms with Crippen molar-refractivity contribution in [1.82, 2.24) is 44.1 Å². The molecule has 0 bridgehead atoms. The Labute approximate surface area is 617 Å². The number of benzene rings is 5. The van der Waals surface area contributed by atoms with Crippen molar-refractivity contribution >= 4 is 105 Å². The molecule has 30 nitrogen and oxygen atoms in total. The van der Waals surface area contributed by atoms with Gasteiger partial charge in [-0.25, -0.2) is 24.2 Å². The van der Waals surface area contributed by atoms with Crippen LogP contribution in [0.5, 0.6) is 17.2 Å². The lowest BCUT2D eigenvalue weighted by atomic mass is 9.92. The fraction of sp³-hybridized carbons (Fsp3) is 0.373. The van der Waals surface area contributed by atoms with Crippen molar-refractivity contribution in [3.05, 3.63) is 167 Å². The Morgan fingerprint density at radius 3 is 1.85 bits per heavy atom. The molecule has 562 valence electrons. The van der Waals surface area contributed by atoms with Crippen molar-refractivity contribution in [2.45, 2.75) is 58.9 Å². The highest BCUT2D eigenvalue weighted by molar-refractivity contribution is 6.19. The molecular weight excluding hydrogens is 1390 g/mol. The minimum atomic E-state index is -0.843. The number of anilines is 3. The number of hydrogen-bond donors (Lipinski definition) is 5. The predicted octanol–water partition coefficient (Wildman–Crippen LogP) is 7.86. The maximum atomic E-state index is 14.7. The Morgan fingerprint density at radius 1 is 0.660 bits per heavy atom. The minimum absolute atomic E-state index is 0.00112. The van der Waals surface area contributed by atoms with Gasteiger partial charge in [-0.15, -0.1) is 11.6 Å². The van der Waals surface area contributed by atoms with E-state index in [9.17, 15) is 58.2 Å². The van der Waals surface area contributed by atoms with Crippen LogP contribution in [0.15, 0.2) is 134 Å².